The Hall–Kier alpha value is -1.84. The summed E-state index contributed by atoms with van der Waals surface area (Å²) in [6.07, 6.45) is 0. The summed E-state index contributed by atoms with van der Waals surface area (Å²) >= 11 is 6.13. The molecule has 3 nitrogen and oxygen atoms in total. The van der Waals surface area contributed by atoms with Crippen LogP contribution < -0.4 is 0 Å². The lowest BCUT2D eigenvalue weighted by Gasteiger charge is -2.35. The first-order chi connectivity index (χ1) is 11.1. The van der Waals surface area contributed by atoms with Gasteiger partial charge in [0.1, 0.15) is 0 Å². The largest absolute Gasteiger partial charge is 0.336 e. The lowest BCUT2D eigenvalue weighted by atomic mass is 10.1. The van der Waals surface area contributed by atoms with Crippen LogP contribution in [0.2, 0.25) is 5.02 Å². The maximum absolute atomic E-state index is 12.6. The smallest absolute Gasteiger partial charge is 0.255 e. The highest BCUT2D eigenvalue weighted by Crippen LogP contribution is 2.18. The molecule has 0 N–H and O–H groups in total. The molecule has 1 aliphatic rings. The minimum atomic E-state index is 0.0332. The molecule has 1 heterocycles. The normalized spacial score (nSPS) is 15.7. The number of aryl methyl sites for hydroxylation is 1. The molecule has 0 spiro atoms. The van der Waals surface area contributed by atoms with Crippen LogP contribution in [-0.2, 0) is 6.54 Å². The van der Waals surface area contributed by atoms with Crippen molar-refractivity contribution in [1.29, 1.82) is 0 Å². The second-order valence-electron chi connectivity index (χ2n) is 6.04. The van der Waals surface area contributed by atoms with Gasteiger partial charge in [0.15, 0.2) is 0 Å². The van der Waals surface area contributed by atoms with Gasteiger partial charge in [-0.2, -0.15) is 0 Å². The number of nitrogens with zero attached hydrogens (tertiary/aromatic N) is 2. The van der Waals surface area contributed by atoms with Crippen LogP contribution in [0.25, 0.3) is 0 Å². The molecule has 23 heavy (non-hydrogen) atoms. The van der Waals surface area contributed by atoms with E-state index in [-0.39, 0.29) is 5.91 Å². The first-order valence-electron chi connectivity index (χ1n) is 7.95. The summed E-state index contributed by atoms with van der Waals surface area (Å²) in [5, 5.41) is 0.527. The van der Waals surface area contributed by atoms with Crippen LogP contribution in [0.5, 0.6) is 0 Å². The summed E-state index contributed by atoms with van der Waals surface area (Å²) in [4.78, 5) is 16.8. The molecule has 1 saturated heterocycles. The molecule has 0 atom stereocenters. The van der Waals surface area contributed by atoms with Crippen LogP contribution in [-0.4, -0.2) is 41.9 Å². The van der Waals surface area contributed by atoms with Gasteiger partial charge in [0.2, 0.25) is 0 Å². The fourth-order valence-electron chi connectivity index (χ4n) is 2.98. The fourth-order valence-corrected chi connectivity index (χ4v) is 3.20. The number of hydrogen-bond acceptors (Lipinski definition) is 2. The van der Waals surface area contributed by atoms with Gasteiger partial charge in [-0.3, -0.25) is 9.69 Å². The predicted molar refractivity (Wildman–Crippen MR) is 93.8 cm³/mol. The van der Waals surface area contributed by atoms with Crippen molar-refractivity contribution < 1.29 is 4.79 Å². The number of benzene rings is 2. The third kappa shape index (κ3) is 3.92. The average molecular weight is 329 g/mol. The van der Waals surface area contributed by atoms with Crippen molar-refractivity contribution in [1.82, 2.24) is 9.80 Å². The van der Waals surface area contributed by atoms with Crippen LogP contribution in [0, 0.1) is 6.92 Å². The van der Waals surface area contributed by atoms with E-state index in [4.69, 9.17) is 11.6 Å². The Labute approximate surface area is 142 Å². The van der Waals surface area contributed by atoms with Crippen molar-refractivity contribution in [2.24, 2.45) is 0 Å². The molecule has 0 unspecified atom stereocenters. The van der Waals surface area contributed by atoms with E-state index in [1.807, 2.05) is 17.0 Å². The second-order valence-corrected chi connectivity index (χ2v) is 6.44. The molecule has 3 rings (SSSR count). The first kappa shape index (κ1) is 16.0. The minimum Gasteiger partial charge on any atom is -0.336 e. The van der Waals surface area contributed by atoms with Gasteiger partial charge in [0.05, 0.1) is 10.6 Å². The summed E-state index contributed by atoms with van der Waals surface area (Å²) in [5.41, 5.74) is 3.22. The van der Waals surface area contributed by atoms with Gasteiger partial charge in [0, 0.05) is 32.7 Å². The van der Waals surface area contributed by atoms with Crippen molar-refractivity contribution in [3.8, 4) is 0 Å². The molecule has 0 aliphatic carbocycles. The van der Waals surface area contributed by atoms with Crippen molar-refractivity contribution >= 4 is 17.5 Å². The van der Waals surface area contributed by atoms with Crippen LogP contribution in [0.1, 0.15) is 21.5 Å². The van der Waals surface area contributed by atoms with E-state index in [1.165, 1.54) is 11.1 Å². The number of carbonyl (C=O) groups is 1. The van der Waals surface area contributed by atoms with E-state index < -0.39 is 0 Å². The number of hydrogen-bond donors (Lipinski definition) is 0. The number of amides is 1. The highest BCUT2D eigenvalue weighted by Gasteiger charge is 2.23. The third-order valence-corrected chi connectivity index (χ3v) is 4.58. The van der Waals surface area contributed by atoms with Crippen molar-refractivity contribution in [3.63, 3.8) is 0 Å². The number of rotatable bonds is 3. The molecular weight excluding hydrogens is 308 g/mol. The molecule has 2 aromatic rings. The zero-order valence-corrected chi connectivity index (χ0v) is 14.1. The van der Waals surface area contributed by atoms with Crippen molar-refractivity contribution in [3.05, 3.63) is 70.2 Å². The number of piperazine rings is 1. The summed E-state index contributed by atoms with van der Waals surface area (Å²) in [6, 6.07) is 15.9. The van der Waals surface area contributed by atoms with Gasteiger partial charge in [-0.1, -0.05) is 53.6 Å². The van der Waals surface area contributed by atoms with Crippen molar-refractivity contribution in [2.75, 3.05) is 26.2 Å². The van der Waals surface area contributed by atoms with E-state index in [9.17, 15) is 4.79 Å². The Morgan fingerprint density at radius 3 is 2.48 bits per heavy atom. The molecular formula is C19H21ClN2O. The Bertz CT molecular complexity index is 693. The molecule has 1 aliphatic heterocycles. The SMILES string of the molecule is Cc1cccc(CN2CCN(C(=O)c3ccccc3Cl)CC2)c1. The van der Waals surface area contributed by atoms with E-state index >= 15 is 0 Å². The molecule has 1 amide bonds. The zero-order valence-electron chi connectivity index (χ0n) is 13.3. The van der Waals surface area contributed by atoms with E-state index in [0.717, 1.165) is 32.7 Å². The fraction of sp³-hybridized carbons (Fsp3) is 0.316. The van der Waals surface area contributed by atoms with Gasteiger partial charge in [-0.25, -0.2) is 0 Å². The Balaban J connectivity index is 1.58. The lowest BCUT2D eigenvalue weighted by molar-refractivity contribution is 0.0628. The topological polar surface area (TPSA) is 23.6 Å². The number of carbonyl (C=O) groups excluding carboxylic acids is 1. The summed E-state index contributed by atoms with van der Waals surface area (Å²) < 4.78 is 0. The Kier molecular flexibility index (Phi) is 4.99. The molecule has 0 radical (unpaired) electrons. The standard InChI is InChI=1S/C19H21ClN2O/c1-15-5-4-6-16(13-15)14-21-9-11-22(12-10-21)19(23)17-7-2-3-8-18(17)20/h2-8,13H,9-12,14H2,1H3. The Morgan fingerprint density at radius 2 is 1.78 bits per heavy atom. The van der Waals surface area contributed by atoms with Crippen LogP contribution in [0.3, 0.4) is 0 Å². The monoisotopic (exact) mass is 328 g/mol. The van der Waals surface area contributed by atoms with Gasteiger partial charge < -0.3 is 4.90 Å². The van der Waals surface area contributed by atoms with Gasteiger partial charge in [0.25, 0.3) is 5.91 Å². The lowest BCUT2D eigenvalue weighted by Crippen LogP contribution is -2.48. The second kappa shape index (κ2) is 7.16. The summed E-state index contributed by atoms with van der Waals surface area (Å²) in [7, 11) is 0. The maximum atomic E-state index is 12.6. The van der Waals surface area contributed by atoms with E-state index in [0.29, 0.717) is 10.6 Å². The van der Waals surface area contributed by atoms with Crippen molar-refractivity contribution in [2.45, 2.75) is 13.5 Å². The molecule has 0 bridgehead atoms. The Morgan fingerprint density at radius 1 is 1.04 bits per heavy atom. The van der Waals surface area contributed by atoms with Gasteiger partial charge >= 0.3 is 0 Å². The van der Waals surface area contributed by atoms with Crippen LogP contribution in [0.4, 0.5) is 0 Å². The van der Waals surface area contributed by atoms with E-state index in [2.05, 4.69) is 36.1 Å². The minimum absolute atomic E-state index is 0.0332. The molecule has 120 valence electrons. The van der Waals surface area contributed by atoms with Crippen LogP contribution in [0.15, 0.2) is 48.5 Å². The van der Waals surface area contributed by atoms with Crippen LogP contribution >= 0.6 is 11.6 Å². The van der Waals surface area contributed by atoms with Gasteiger partial charge in [-0.05, 0) is 24.6 Å². The zero-order chi connectivity index (χ0) is 16.2. The molecule has 1 fully saturated rings. The summed E-state index contributed by atoms with van der Waals surface area (Å²) in [5.74, 6) is 0.0332. The average Bonchev–Trinajstić information content (AvgIpc) is 2.55. The number of halogens is 1. The first-order valence-corrected chi connectivity index (χ1v) is 8.33. The highest BCUT2D eigenvalue weighted by molar-refractivity contribution is 6.33. The predicted octanol–water partition coefficient (Wildman–Crippen LogP) is 3.61. The highest BCUT2D eigenvalue weighted by atomic mass is 35.5. The molecule has 4 heteroatoms. The van der Waals surface area contributed by atoms with E-state index in [1.54, 1.807) is 12.1 Å². The molecule has 0 aromatic heterocycles. The maximum Gasteiger partial charge on any atom is 0.255 e. The summed E-state index contributed by atoms with van der Waals surface area (Å²) in [6.45, 7) is 6.33. The molecule has 0 saturated carbocycles. The quantitative estimate of drug-likeness (QED) is 0.859. The molecule has 2 aromatic carbocycles. The van der Waals surface area contributed by atoms with Gasteiger partial charge in [-0.15, -0.1) is 0 Å². The third-order valence-electron chi connectivity index (χ3n) is 4.25.